The summed E-state index contributed by atoms with van der Waals surface area (Å²) in [5.74, 6) is 0.0244. The fourth-order valence-corrected chi connectivity index (χ4v) is 2.88. The van der Waals surface area contributed by atoms with Crippen LogP contribution in [0, 0.1) is 5.92 Å². The lowest BCUT2D eigenvalue weighted by atomic mass is 9.90. The second-order valence-corrected chi connectivity index (χ2v) is 6.33. The Balaban J connectivity index is 2.11. The number of hydrogen-bond donors (Lipinski definition) is 2. The molecule has 3 nitrogen and oxygen atoms in total. The minimum absolute atomic E-state index is 0.307. The number of carboxylic acid groups (broad SMARTS) is 1. The predicted molar refractivity (Wildman–Crippen MR) is 93.5 cm³/mol. The van der Waals surface area contributed by atoms with Crippen LogP contribution in [0.25, 0.3) is 0 Å². The van der Waals surface area contributed by atoms with Crippen LogP contribution in [0.4, 0.5) is 0 Å². The fourth-order valence-electron chi connectivity index (χ4n) is 2.88. The molecule has 2 aromatic rings. The molecular formula is C20H25NO2. The van der Waals surface area contributed by atoms with Gasteiger partial charge in [0.05, 0.1) is 0 Å². The molecule has 2 aromatic carbocycles. The van der Waals surface area contributed by atoms with Gasteiger partial charge in [-0.2, -0.15) is 0 Å². The molecule has 0 saturated carbocycles. The molecule has 0 aliphatic carbocycles. The molecule has 0 aromatic heterocycles. The molecule has 0 amide bonds. The van der Waals surface area contributed by atoms with Crippen LogP contribution in [-0.2, 0) is 4.79 Å². The van der Waals surface area contributed by atoms with Gasteiger partial charge in [0.15, 0.2) is 0 Å². The van der Waals surface area contributed by atoms with Crippen LogP contribution in [0.2, 0.25) is 0 Å². The molecule has 0 aliphatic rings. The first-order chi connectivity index (χ1) is 11.1. The van der Waals surface area contributed by atoms with Crippen molar-refractivity contribution in [2.24, 2.45) is 5.92 Å². The Hall–Kier alpha value is -2.13. The van der Waals surface area contributed by atoms with Crippen molar-refractivity contribution < 1.29 is 9.90 Å². The molecule has 23 heavy (non-hydrogen) atoms. The highest BCUT2D eigenvalue weighted by atomic mass is 16.4. The zero-order valence-corrected chi connectivity index (χ0v) is 13.8. The quantitative estimate of drug-likeness (QED) is 0.767. The van der Waals surface area contributed by atoms with E-state index in [4.69, 9.17) is 0 Å². The van der Waals surface area contributed by atoms with Gasteiger partial charge in [-0.3, -0.25) is 4.79 Å². The molecule has 0 saturated heterocycles. The van der Waals surface area contributed by atoms with E-state index in [2.05, 4.69) is 31.3 Å². The van der Waals surface area contributed by atoms with Crippen molar-refractivity contribution in [3.05, 3.63) is 71.8 Å². The summed E-state index contributed by atoms with van der Waals surface area (Å²) < 4.78 is 0. The minimum Gasteiger partial charge on any atom is -0.480 e. The third-order valence-electron chi connectivity index (χ3n) is 3.98. The van der Waals surface area contributed by atoms with Gasteiger partial charge in [-0.1, -0.05) is 74.5 Å². The molecule has 0 spiro atoms. The molecule has 0 fully saturated rings. The van der Waals surface area contributed by atoms with Gasteiger partial charge in [-0.15, -0.1) is 0 Å². The van der Waals surface area contributed by atoms with E-state index in [0.29, 0.717) is 18.4 Å². The summed E-state index contributed by atoms with van der Waals surface area (Å²) in [5.41, 5.74) is 2.04. The molecule has 122 valence electrons. The predicted octanol–water partition coefficient (Wildman–Crippen LogP) is 4.23. The second-order valence-electron chi connectivity index (χ2n) is 6.33. The minimum atomic E-state index is -0.840. The highest BCUT2D eigenvalue weighted by molar-refractivity contribution is 5.75. The molecule has 0 heterocycles. The van der Waals surface area contributed by atoms with E-state index in [-0.39, 0.29) is 0 Å². The molecule has 3 heteroatoms. The van der Waals surface area contributed by atoms with E-state index in [1.165, 1.54) is 5.56 Å². The molecule has 0 bridgehead atoms. The first kappa shape index (κ1) is 17.2. The average molecular weight is 311 g/mol. The van der Waals surface area contributed by atoms with Crippen molar-refractivity contribution in [1.29, 1.82) is 0 Å². The summed E-state index contributed by atoms with van der Waals surface area (Å²) in [7, 11) is 0. The average Bonchev–Trinajstić information content (AvgIpc) is 2.55. The Morgan fingerprint density at radius 2 is 1.48 bits per heavy atom. The Bertz CT molecular complexity index is 596. The van der Waals surface area contributed by atoms with Crippen molar-refractivity contribution in [2.75, 3.05) is 6.54 Å². The molecular weight excluding hydrogens is 286 g/mol. The Labute approximate surface area is 138 Å². The summed E-state index contributed by atoms with van der Waals surface area (Å²) in [5, 5.41) is 12.8. The molecule has 2 rings (SSSR count). The third-order valence-corrected chi connectivity index (χ3v) is 3.98. The number of hydrogen-bond acceptors (Lipinski definition) is 2. The molecule has 2 atom stereocenters. The number of carbonyl (C=O) groups is 1. The number of rotatable bonds is 8. The van der Waals surface area contributed by atoms with E-state index in [1.807, 2.05) is 48.5 Å². The van der Waals surface area contributed by atoms with Crippen molar-refractivity contribution in [1.82, 2.24) is 5.32 Å². The lowest BCUT2D eigenvalue weighted by Crippen LogP contribution is -2.32. The van der Waals surface area contributed by atoms with E-state index < -0.39 is 12.0 Å². The highest BCUT2D eigenvalue weighted by Gasteiger charge is 2.21. The van der Waals surface area contributed by atoms with Gasteiger partial charge in [-0.25, -0.2) is 0 Å². The van der Waals surface area contributed by atoms with Crippen molar-refractivity contribution >= 4 is 5.97 Å². The van der Waals surface area contributed by atoms with E-state index >= 15 is 0 Å². The monoisotopic (exact) mass is 311 g/mol. The fraction of sp³-hybridized carbons (Fsp3) is 0.350. The third kappa shape index (κ3) is 5.22. The standard InChI is InChI=1S/C20H25NO2/c1-15(2)13-18(16-9-5-3-6-10-16)14-21-19(20(22)23)17-11-7-4-8-12-17/h3-12,15,18-19,21H,13-14H2,1-2H3,(H,22,23)/t18?,19-/m0/s1. The summed E-state index contributed by atoms with van der Waals surface area (Å²) in [6.45, 7) is 5.04. The van der Waals surface area contributed by atoms with Gasteiger partial charge in [0, 0.05) is 6.54 Å². The van der Waals surface area contributed by atoms with Gasteiger partial charge < -0.3 is 10.4 Å². The molecule has 0 aliphatic heterocycles. The van der Waals surface area contributed by atoms with Crippen LogP contribution in [0.5, 0.6) is 0 Å². The maximum atomic E-state index is 11.6. The smallest absolute Gasteiger partial charge is 0.325 e. The normalized spacial score (nSPS) is 13.7. The largest absolute Gasteiger partial charge is 0.480 e. The Kier molecular flexibility index (Phi) is 6.36. The molecule has 2 N–H and O–H groups in total. The van der Waals surface area contributed by atoms with Crippen LogP contribution >= 0.6 is 0 Å². The summed E-state index contributed by atoms with van der Waals surface area (Å²) in [6.07, 6.45) is 1.03. The van der Waals surface area contributed by atoms with Crippen LogP contribution in [0.15, 0.2) is 60.7 Å². The van der Waals surface area contributed by atoms with Crippen molar-refractivity contribution in [3.63, 3.8) is 0 Å². The topological polar surface area (TPSA) is 49.3 Å². The highest BCUT2D eigenvalue weighted by Crippen LogP contribution is 2.24. The first-order valence-electron chi connectivity index (χ1n) is 8.14. The summed E-state index contributed by atoms with van der Waals surface area (Å²) in [4.78, 5) is 11.6. The van der Waals surface area contributed by atoms with Gasteiger partial charge in [-0.05, 0) is 29.4 Å². The zero-order chi connectivity index (χ0) is 16.7. The Morgan fingerprint density at radius 1 is 0.957 bits per heavy atom. The number of nitrogens with one attached hydrogen (secondary N) is 1. The number of carboxylic acids is 1. The van der Waals surface area contributed by atoms with E-state index in [9.17, 15) is 9.90 Å². The summed E-state index contributed by atoms with van der Waals surface area (Å²) in [6, 6.07) is 19.0. The lowest BCUT2D eigenvalue weighted by molar-refractivity contribution is -0.139. The van der Waals surface area contributed by atoms with Gasteiger partial charge in [0.1, 0.15) is 6.04 Å². The van der Waals surface area contributed by atoms with Crippen LogP contribution in [0.1, 0.15) is 43.4 Å². The van der Waals surface area contributed by atoms with Crippen molar-refractivity contribution in [3.8, 4) is 0 Å². The Morgan fingerprint density at radius 3 is 1.96 bits per heavy atom. The molecule has 0 radical (unpaired) electrons. The van der Waals surface area contributed by atoms with Crippen LogP contribution < -0.4 is 5.32 Å². The van der Waals surface area contributed by atoms with E-state index in [1.54, 1.807) is 0 Å². The van der Waals surface area contributed by atoms with Crippen LogP contribution in [-0.4, -0.2) is 17.6 Å². The number of benzene rings is 2. The lowest BCUT2D eigenvalue weighted by Gasteiger charge is -2.23. The van der Waals surface area contributed by atoms with Gasteiger partial charge >= 0.3 is 5.97 Å². The van der Waals surface area contributed by atoms with Gasteiger partial charge in [0.25, 0.3) is 0 Å². The molecule has 1 unspecified atom stereocenters. The number of aliphatic carboxylic acids is 1. The second kappa shape index (κ2) is 8.49. The zero-order valence-electron chi connectivity index (χ0n) is 13.8. The van der Waals surface area contributed by atoms with Crippen molar-refractivity contribution in [2.45, 2.75) is 32.2 Å². The maximum absolute atomic E-state index is 11.6. The van der Waals surface area contributed by atoms with Gasteiger partial charge in [0.2, 0.25) is 0 Å². The summed E-state index contributed by atoms with van der Waals surface area (Å²) >= 11 is 0. The van der Waals surface area contributed by atoms with Crippen LogP contribution in [0.3, 0.4) is 0 Å². The SMILES string of the molecule is CC(C)CC(CN[C@H](C(=O)O)c1ccccc1)c1ccccc1. The van der Waals surface area contributed by atoms with E-state index in [0.717, 1.165) is 12.0 Å². The first-order valence-corrected chi connectivity index (χ1v) is 8.14. The maximum Gasteiger partial charge on any atom is 0.325 e.